The Morgan fingerprint density at radius 1 is 1.15 bits per heavy atom. The van der Waals surface area contributed by atoms with Crippen LogP contribution in [-0.2, 0) is 17.8 Å². The minimum Gasteiger partial charge on any atom is -0.481 e. The number of methoxy groups -OCH3 is 1. The van der Waals surface area contributed by atoms with Crippen LogP contribution in [0.15, 0.2) is 54.7 Å². The minimum atomic E-state index is -0.998. The van der Waals surface area contributed by atoms with Crippen molar-refractivity contribution in [3.63, 3.8) is 0 Å². The van der Waals surface area contributed by atoms with Crippen LogP contribution in [0, 0.1) is 11.7 Å². The van der Waals surface area contributed by atoms with Gasteiger partial charge in [-0.1, -0.05) is 17.7 Å². The Morgan fingerprint density at radius 3 is 2.68 bits per heavy atom. The van der Waals surface area contributed by atoms with Crippen molar-refractivity contribution in [2.75, 3.05) is 19.1 Å². The first kappa shape index (κ1) is 23.4. The molecule has 1 aliphatic rings. The van der Waals surface area contributed by atoms with Crippen molar-refractivity contribution in [3.05, 3.63) is 87.8 Å². The summed E-state index contributed by atoms with van der Waals surface area (Å²) in [4.78, 5) is 44.3. The van der Waals surface area contributed by atoms with Gasteiger partial charge in [0.25, 0.3) is 5.91 Å². The van der Waals surface area contributed by atoms with Crippen molar-refractivity contribution >= 4 is 34.9 Å². The standard InChI is InChI=1S/C25H21ClFN3O4/c1-30-21-6-4-16(24(32)29-13-15-7-8-28-22(11-15)34-2)12-17(21)23(31)18(25(30)33)9-14-3-5-20(27)19(26)10-14/h3-8,10-12,18H,9,13H2,1-2H3,(H,29,32). The number of hydrogen-bond acceptors (Lipinski definition) is 5. The van der Waals surface area contributed by atoms with Gasteiger partial charge in [0.15, 0.2) is 5.78 Å². The number of pyridine rings is 1. The number of nitrogens with zero attached hydrogens (tertiary/aromatic N) is 2. The van der Waals surface area contributed by atoms with E-state index in [4.69, 9.17) is 16.3 Å². The Morgan fingerprint density at radius 2 is 1.94 bits per heavy atom. The van der Waals surface area contributed by atoms with Crippen molar-refractivity contribution in [1.82, 2.24) is 10.3 Å². The van der Waals surface area contributed by atoms with E-state index in [1.807, 2.05) is 0 Å². The number of benzene rings is 2. The van der Waals surface area contributed by atoms with Crippen LogP contribution in [-0.4, -0.2) is 36.7 Å². The number of carbonyl (C=O) groups excluding carboxylic acids is 3. The highest BCUT2D eigenvalue weighted by molar-refractivity contribution is 6.30. The maximum atomic E-state index is 13.5. The smallest absolute Gasteiger partial charge is 0.251 e. The zero-order valence-electron chi connectivity index (χ0n) is 18.5. The molecule has 7 nitrogen and oxygen atoms in total. The molecule has 1 unspecified atom stereocenters. The van der Waals surface area contributed by atoms with Gasteiger partial charge in [0.2, 0.25) is 11.8 Å². The monoisotopic (exact) mass is 481 g/mol. The lowest BCUT2D eigenvalue weighted by atomic mass is 9.85. The number of hydrogen-bond donors (Lipinski definition) is 1. The molecule has 0 saturated carbocycles. The van der Waals surface area contributed by atoms with Gasteiger partial charge in [0, 0.05) is 37.0 Å². The lowest BCUT2D eigenvalue weighted by Gasteiger charge is -2.31. The number of aromatic nitrogens is 1. The molecular weight excluding hydrogens is 461 g/mol. The molecule has 0 radical (unpaired) electrons. The average molecular weight is 482 g/mol. The Labute approximate surface area is 200 Å². The van der Waals surface area contributed by atoms with Crippen molar-refractivity contribution in [2.24, 2.45) is 5.92 Å². The Balaban J connectivity index is 1.55. The second-order valence-corrected chi connectivity index (χ2v) is 8.29. The number of fused-ring (bicyclic) bond motifs is 1. The molecule has 4 rings (SSSR count). The van der Waals surface area contributed by atoms with Gasteiger partial charge >= 0.3 is 0 Å². The molecule has 1 N–H and O–H groups in total. The summed E-state index contributed by atoms with van der Waals surface area (Å²) < 4.78 is 18.6. The van der Waals surface area contributed by atoms with Crippen LogP contribution in [0.4, 0.5) is 10.1 Å². The molecule has 2 aromatic carbocycles. The fourth-order valence-corrected chi connectivity index (χ4v) is 4.06. The number of rotatable bonds is 6. The summed E-state index contributed by atoms with van der Waals surface area (Å²) in [6.07, 6.45) is 1.65. The molecular formula is C25H21ClFN3O4. The van der Waals surface area contributed by atoms with Crippen molar-refractivity contribution in [1.29, 1.82) is 0 Å². The molecule has 0 fully saturated rings. The predicted molar refractivity (Wildman–Crippen MR) is 125 cm³/mol. The van der Waals surface area contributed by atoms with Gasteiger partial charge in [0.05, 0.1) is 17.8 Å². The number of nitrogens with one attached hydrogen (secondary N) is 1. The second-order valence-electron chi connectivity index (χ2n) is 7.89. The summed E-state index contributed by atoms with van der Waals surface area (Å²) in [5.74, 6) is -2.27. The largest absolute Gasteiger partial charge is 0.481 e. The van der Waals surface area contributed by atoms with E-state index >= 15 is 0 Å². The van der Waals surface area contributed by atoms with Gasteiger partial charge in [-0.25, -0.2) is 9.37 Å². The average Bonchev–Trinajstić information content (AvgIpc) is 2.85. The predicted octanol–water partition coefficient (Wildman–Crippen LogP) is 3.83. The highest BCUT2D eigenvalue weighted by Gasteiger charge is 2.38. The van der Waals surface area contributed by atoms with E-state index in [2.05, 4.69) is 10.3 Å². The van der Waals surface area contributed by atoms with E-state index in [0.29, 0.717) is 22.7 Å². The zero-order valence-corrected chi connectivity index (χ0v) is 19.2. The van der Waals surface area contributed by atoms with E-state index < -0.39 is 17.5 Å². The van der Waals surface area contributed by atoms with Crippen molar-refractivity contribution in [2.45, 2.75) is 13.0 Å². The van der Waals surface area contributed by atoms with Gasteiger partial charge in [-0.3, -0.25) is 14.4 Å². The fourth-order valence-electron chi connectivity index (χ4n) is 3.86. The van der Waals surface area contributed by atoms with Crippen LogP contribution >= 0.6 is 11.6 Å². The quantitative estimate of drug-likeness (QED) is 0.540. The van der Waals surface area contributed by atoms with E-state index in [1.54, 1.807) is 37.5 Å². The topological polar surface area (TPSA) is 88.6 Å². The first-order valence-electron chi connectivity index (χ1n) is 10.5. The second kappa shape index (κ2) is 9.61. The summed E-state index contributed by atoms with van der Waals surface area (Å²) in [6, 6.07) is 12.2. The molecule has 34 heavy (non-hydrogen) atoms. The Hall–Kier alpha value is -3.78. The van der Waals surface area contributed by atoms with E-state index in [-0.39, 0.29) is 35.4 Å². The lowest BCUT2D eigenvalue weighted by Crippen LogP contribution is -2.43. The van der Waals surface area contributed by atoms with Crippen LogP contribution < -0.4 is 15.0 Å². The number of halogens is 2. The van der Waals surface area contributed by atoms with Gasteiger partial charge in [-0.15, -0.1) is 0 Å². The number of ether oxygens (including phenoxy) is 1. The molecule has 174 valence electrons. The summed E-state index contributed by atoms with van der Waals surface area (Å²) in [5.41, 5.74) is 2.37. The maximum absolute atomic E-state index is 13.5. The molecule has 0 aliphatic carbocycles. The summed E-state index contributed by atoms with van der Waals surface area (Å²) in [6.45, 7) is 0.245. The molecule has 0 spiro atoms. The summed E-state index contributed by atoms with van der Waals surface area (Å²) in [5, 5.41) is 2.73. The van der Waals surface area contributed by atoms with Crippen LogP contribution in [0.25, 0.3) is 0 Å². The number of ketones is 1. The SMILES string of the molecule is COc1cc(CNC(=O)c2ccc3c(c2)C(=O)C(Cc2ccc(F)c(Cl)c2)C(=O)N3C)ccn1. The Kier molecular flexibility index (Phi) is 6.61. The van der Waals surface area contributed by atoms with Crippen LogP contribution in [0.2, 0.25) is 5.02 Å². The molecule has 2 heterocycles. The molecule has 9 heteroatoms. The van der Waals surface area contributed by atoms with E-state index in [0.717, 1.165) is 5.56 Å². The van der Waals surface area contributed by atoms with Crippen molar-refractivity contribution in [3.8, 4) is 5.88 Å². The zero-order chi connectivity index (χ0) is 24.4. The highest BCUT2D eigenvalue weighted by Crippen LogP contribution is 2.32. The van der Waals surface area contributed by atoms with Gasteiger partial charge in [-0.05, 0) is 53.9 Å². The van der Waals surface area contributed by atoms with Crippen LogP contribution in [0.5, 0.6) is 5.88 Å². The third-order valence-corrected chi connectivity index (χ3v) is 6.01. The fraction of sp³-hybridized carbons (Fsp3) is 0.200. The number of Topliss-reactive ketones (excluding diaryl/α,β-unsaturated/α-hetero) is 1. The normalized spacial score (nSPS) is 15.2. The van der Waals surface area contributed by atoms with E-state index in [9.17, 15) is 18.8 Å². The molecule has 1 atom stereocenters. The first-order valence-corrected chi connectivity index (χ1v) is 10.8. The molecule has 2 amide bonds. The summed E-state index contributed by atoms with van der Waals surface area (Å²) in [7, 11) is 3.09. The third-order valence-electron chi connectivity index (χ3n) is 5.72. The molecule has 1 aliphatic heterocycles. The molecule has 0 bridgehead atoms. The third kappa shape index (κ3) is 4.63. The van der Waals surface area contributed by atoms with Crippen LogP contribution in [0.3, 0.4) is 0 Å². The Bertz CT molecular complexity index is 1300. The lowest BCUT2D eigenvalue weighted by molar-refractivity contribution is -0.120. The van der Waals surface area contributed by atoms with Gasteiger partial charge in [0.1, 0.15) is 11.7 Å². The van der Waals surface area contributed by atoms with E-state index in [1.165, 1.54) is 36.3 Å². The number of amides is 2. The van der Waals surface area contributed by atoms with Gasteiger partial charge < -0.3 is 15.0 Å². The first-order chi connectivity index (χ1) is 16.3. The molecule has 3 aromatic rings. The molecule has 1 aromatic heterocycles. The number of carbonyl (C=O) groups is 3. The van der Waals surface area contributed by atoms with Gasteiger partial charge in [-0.2, -0.15) is 0 Å². The summed E-state index contributed by atoms with van der Waals surface area (Å²) >= 11 is 5.85. The number of anilines is 1. The van der Waals surface area contributed by atoms with Crippen molar-refractivity contribution < 1.29 is 23.5 Å². The maximum Gasteiger partial charge on any atom is 0.251 e. The van der Waals surface area contributed by atoms with Crippen LogP contribution in [0.1, 0.15) is 31.8 Å². The minimum absolute atomic E-state index is 0.0712. The molecule has 0 saturated heterocycles. The highest BCUT2D eigenvalue weighted by atomic mass is 35.5.